The molecule has 2 rings (SSSR count). The van der Waals surface area contributed by atoms with Crippen molar-refractivity contribution in [3.63, 3.8) is 0 Å². The second-order valence-electron chi connectivity index (χ2n) is 5.65. The van der Waals surface area contributed by atoms with Crippen LogP contribution in [0.3, 0.4) is 0 Å². The van der Waals surface area contributed by atoms with E-state index < -0.39 is 18.7 Å². The van der Waals surface area contributed by atoms with Crippen molar-refractivity contribution >= 4 is 34.8 Å². The van der Waals surface area contributed by atoms with Crippen molar-refractivity contribution in [1.29, 1.82) is 0 Å². The minimum atomic E-state index is -4.50. The molecule has 0 unspecified atom stereocenters. The summed E-state index contributed by atoms with van der Waals surface area (Å²) in [5, 5.41) is 5.34. The number of hydrogen-bond acceptors (Lipinski definition) is 3. The van der Waals surface area contributed by atoms with Gasteiger partial charge in [0.2, 0.25) is 11.8 Å². The van der Waals surface area contributed by atoms with E-state index in [1.54, 1.807) is 24.3 Å². The minimum Gasteiger partial charge on any atom is -0.482 e. The Morgan fingerprint density at radius 3 is 2.33 bits per heavy atom. The van der Waals surface area contributed by atoms with Gasteiger partial charge in [0.25, 0.3) is 0 Å². The van der Waals surface area contributed by atoms with E-state index in [2.05, 4.69) is 10.6 Å². The SMILES string of the molecule is CC(=O)Nc1ccc(CC(=O)Nc2cc(Cl)ccc2OCC(F)(F)F)cc1. The molecule has 0 aliphatic heterocycles. The second-order valence-corrected chi connectivity index (χ2v) is 6.08. The first kappa shape index (κ1) is 20.6. The first-order valence-electron chi connectivity index (χ1n) is 7.78. The Labute approximate surface area is 158 Å². The van der Waals surface area contributed by atoms with Gasteiger partial charge in [-0.15, -0.1) is 0 Å². The maximum absolute atomic E-state index is 12.3. The Morgan fingerprint density at radius 1 is 1.07 bits per heavy atom. The van der Waals surface area contributed by atoms with Crippen LogP contribution in [-0.2, 0) is 16.0 Å². The van der Waals surface area contributed by atoms with Crippen LogP contribution in [0.15, 0.2) is 42.5 Å². The van der Waals surface area contributed by atoms with Gasteiger partial charge in [0.05, 0.1) is 12.1 Å². The number of hydrogen-bond donors (Lipinski definition) is 2. The average molecular weight is 401 g/mol. The maximum Gasteiger partial charge on any atom is 0.422 e. The Balaban J connectivity index is 2.04. The lowest BCUT2D eigenvalue weighted by Crippen LogP contribution is -2.20. The molecule has 0 aliphatic carbocycles. The number of carbonyl (C=O) groups excluding carboxylic acids is 2. The van der Waals surface area contributed by atoms with Crippen molar-refractivity contribution in [2.24, 2.45) is 0 Å². The second kappa shape index (κ2) is 8.77. The molecule has 2 aromatic rings. The zero-order valence-electron chi connectivity index (χ0n) is 14.2. The summed E-state index contributed by atoms with van der Waals surface area (Å²) in [6, 6.07) is 10.5. The molecule has 0 fully saturated rings. The summed E-state index contributed by atoms with van der Waals surface area (Å²) < 4.78 is 41.8. The normalized spacial score (nSPS) is 11.0. The first-order valence-corrected chi connectivity index (χ1v) is 8.16. The van der Waals surface area contributed by atoms with Crippen LogP contribution in [0, 0.1) is 0 Å². The predicted molar refractivity (Wildman–Crippen MR) is 96.1 cm³/mol. The molecule has 144 valence electrons. The number of carbonyl (C=O) groups is 2. The molecule has 0 spiro atoms. The van der Waals surface area contributed by atoms with Gasteiger partial charge in [-0.2, -0.15) is 13.2 Å². The Morgan fingerprint density at radius 2 is 1.74 bits per heavy atom. The third kappa shape index (κ3) is 7.18. The smallest absolute Gasteiger partial charge is 0.422 e. The predicted octanol–water partition coefficient (Wildman–Crippen LogP) is 4.42. The van der Waals surface area contributed by atoms with Gasteiger partial charge in [-0.1, -0.05) is 23.7 Å². The van der Waals surface area contributed by atoms with E-state index in [1.165, 1.54) is 25.1 Å². The molecule has 5 nitrogen and oxygen atoms in total. The topological polar surface area (TPSA) is 67.4 Å². The Kier molecular flexibility index (Phi) is 6.68. The number of ether oxygens (including phenoxy) is 1. The quantitative estimate of drug-likeness (QED) is 0.754. The van der Waals surface area contributed by atoms with Gasteiger partial charge >= 0.3 is 6.18 Å². The van der Waals surface area contributed by atoms with Gasteiger partial charge in [0, 0.05) is 17.6 Å². The first-order chi connectivity index (χ1) is 12.6. The van der Waals surface area contributed by atoms with Crippen LogP contribution < -0.4 is 15.4 Å². The number of amides is 2. The van der Waals surface area contributed by atoms with Gasteiger partial charge in [0.15, 0.2) is 6.61 Å². The van der Waals surface area contributed by atoms with Crippen LogP contribution in [0.4, 0.5) is 24.5 Å². The summed E-state index contributed by atoms with van der Waals surface area (Å²) in [7, 11) is 0. The number of rotatable bonds is 6. The van der Waals surface area contributed by atoms with Gasteiger partial charge in [-0.25, -0.2) is 0 Å². The summed E-state index contributed by atoms with van der Waals surface area (Å²) in [4.78, 5) is 23.2. The average Bonchev–Trinajstić information content (AvgIpc) is 2.54. The van der Waals surface area contributed by atoms with E-state index in [0.717, 1.165) is 0 Å². The van der Waals surface area contributed by atoms with Crippen LogP contribution in [0.1, 0.15) is 12.5 Å². The van der Waals surface area contributed by atoms with E-state index in [9.17, 15) is 22.8 Å². The molecule has 9 heteroatoms. The van der Waals surface area contributed by atoms with E-state index in [-0.39, 0.29) is 28.8 Å². The maximum atomic E-state index is 12.3. The van der Waals surface area contributed by atoms with Crippen molar-refractivity contribution in [2.75, 3.05) is 17.2 Å². The Bertz CT molecular complexity index is 824. The van der Waals surface area contributed by atoms with Crippen LogP contribution in [-0.4, -0.2) is 24.6 Å². The minimum absolute atomic E-state index is 0.0222. The van der Waals surface area contributed by atoms with Crippen molar-refractivity contribution in [3.05, 3.63) is 53.1 Å². The van der Waals surface area contributed by atoms with Gasteiger partial charge in [0.1, 0.15) is 5.75 Å². The van der Waals surface area contributed by atoms with Gasteiger partial charge in [-0.05, 0) is 35.9 Å². The van der Waals surface area contributed by atoms with Crippen LogP contribution in [0.2, 0.25) is 5.02 Å². The summed E-state index contributed by atoms with van der Waals surface area (Å²) >= 11 is 5.85. The number of anilines is 2. The lowest BCUT2D eigenvalue weighted by molar-refractivity contribution is -0.153. The molecular weight excluding hydrogens is 385 g/mol. The fraction of sp³-hybridized carbons (Fsp3) is 0.222. The molecule has 2 amide bonds. The standard InChI is InChI=1S/C18H16ClF3N2O3/c1-11(25)23-14-5-2-12(3-6-14)8-17(26)24-15-9-13(19)4-7-16(15)27-10-18(20,21)22/h2-7,9H,8,10H2,1H3,(H,23,25)(H,24,26). The van der Waals surface area contributed by atoms with Crippen molar-refractivity contribution in [3.8, 4) is 5.75 Å². The third-order valence-corrected chi connectivity index (χ3v) is 3.48. The molecule has 0 aromatic heterocycles. The van der Waals surface area contributed by atoms with E-state index in [0.29, 0.717) is 11.3 Å². The fourth-order valence-corrected chi connectivity index (χ4v) is 2.35. The molecule has 0 atom stereocenters. The summed E-state index contributed by atoms with van der Waals surface area (Å²) in [6.07, 6.45) is -4.53. The summed E-state index contributed by atoms with van der Waals surface area (Å²) in [6.45, 7) is -0.104. The highest BCUT2D eigenvalue weighted by molar-refractivity contribution is 6.31. The number of alkyl halides is 3. The fourth-order valence-electron chi connectivity index (χ4n) is 2.17. The monoisotopic (exact) mass is 400 g/mol. The van der Waals surface area contributed by atoms with Crippen LogP contribution in [0.5, 0.6) is 5.75 Å². The van der Waals surface area contributed by atoms with Gasteiger partial charge < -0.3 is 15.4 Å². The number of nitrogens with one attached hydrogen (secondary N) is 2. The van der Waals surface area contributed by atoms with Crippen molar-refractivity contribution in [1.82, 2.24) is 0 Å². The summed E-state index contributed by atoms with van der Waals surface area (Å²) in [5.41, 5.74) is 1.29. The molecule has 27 heavy (non-hydrogen) atoms. The zero-order chi connectivity index (χ0) is 20.0. The third-order valence-electron chi connectivity index (χ3n) is 3.25. The van der Waals surface area contributed by atoms with E-state index in [4.69, 9.17) is 16.3 Å². The molecule has 2 N–H and O–H groups in total. The van der Waals surface area contributed by atoms with Gasteiger partial charge in [-0.3, -0.25) is 9.59 Å². The number of benzene rings is 2. The van der Waals surface area contributed by atoms with E-state index >= 15 is 0 Å². The zero-order valence-corrected chi connectivity index (χ0v) is 14.9. The molecule has 0 radical (unpaired) electrons. The highest BCUT2D eigenvalue weighted by atomic mass is 35.5. The highest BCUT2D eigenvalue weighted by Gasteiger charge is 2.29. The van der Waals surface area contributed by atoms with Crippen molar-refractivity contribution < 1.29 is 27.5 Å². The molecule has 0 aliphatic rings. The molecule has 0 saturated heterocycles. The highest BCUT2D eigenvalue weighted by Crippen LogP contribution is 2.30. The summed E-state index contributed by atoms with van der Waals surface area (Å²) in [5.74, 6) is -0.805. The Hall–Kier alpha value is -2.74. The largest absolute Gasteiger partial charge is 0.482 e. The number of halogens is 4. The molecule has 0 heterocycles. The molecule has 0 saturated carbocycles. The molecule has 0 bridgehead atoms. The van der Waals surface area contributed by atoms with Crippen LogP contribution >= 0.6 is 11.6 Å². The lowest BCUT2D eigenvalue weighted by atomic mass is 10.1. The van der Waals surface area contributed by atoms with Crippen LogP contribution in [0.25, 0.3) is 0 Å². The van der Waals surface area contributed by atoms with E-state index in [1.807, 2.05) is 0 Å². The van der Waals surface area contributed by atoms with Crippen molar-refractivity contribution in [2.45, 2.75) is 19.5 Å². The lowest BCUT2D eigenvalue weighted by Gasteiger charge is -2.14. The molecular formula is C18H16ClF3N2O3. The molecule has 2 aromatic carbocycles.